The van der Waals surface area contributed by atoms with Gasteiger partial charge in [0.2, 0.25) is 0 Å². The van der Waals surface area contributed by atoms with Gasteiger partial charge in [0.1, 0.15) is 5.82 Å². The van der Waals surface area contributed by atoms with Crippen LogP contribution in [0, 0.1) is 0 Å². The fourth-order valence-corrected chi connectivity index (χ4v) is 2.76. The van der Waals surface area contributed by atoms with Crippen molar-refractivity contribution in [2.24, 2.45) is 0 Å². The van der Waals surface area contributed by atoms with Gasteiger partial charge in [0.15, 0.2) is 0 Å². The summed E-state index contributed by atoms with van der Waals surface area (Å²) in [7, 11) is 0. The molecule has 0 radical (unpaired) electrons. The molecule has 0 spiro atoms. The highest BCUT2D eigenvalue weighted by Gasteiger charge is 2.09. The van der Waals surface area contributed by atoms with E-state index in [-0.39, 0.29) is 11.3 Å². The van der Waals surface area contributed by atoms with Gasteiger partial charge in [-0.15, -0.1) is 11.3 Å². The number of nitrogens with one attached hydrogen (secondary N) is 1. The molecule has 18 heavy (non-hydrogen) atoms. The lowest BCUT2D eigenvalue weighted by Gasteiger charge is -2.06. The Bertz CT molecular complexity index is 585. The molecule has 7 heteroatoms. The molecule has 2 aromatic rings. The minimum atomic E-state index is -1.06. The second kappa shape index (κ2) is 5.36. The van der Waals surface area contributed by atoms with Crippen LogP contribution in [0.2, 0.25) is 0 Å². The van der Waals surface area contributed by atoms with Crippen molar-refractivity contribution in [2.75, 3.05) is 11.1 Å². The van der Waals surface area contributed by atoms with Crippen LogP contribution in [0.3, 0.4) is 0 Å². The Hall–Kier alpha value is -1.60. The summed E-state index contributed by atoms with van der Waals surface area (Å²) in [5, 5.41) is 14.0. The van der Waals surface area contributed by atoms with E-state index in [9.17, 15) is 4.79 Å². The highest BCUT2D eigenvalue weighted by Crippen LogP contribution is 2.21. The summed E-state index contributed by atoms with van der Waals surface area (Å²) < 4.78 is 1.03. The lowest BCUT2D eigenvalue weighted by atomic mass is 10.2. The molecule has 0 aromatic carbocycles. The monoisotopic (exact) mass is 327 g/mol. The quantitative estimate of drug-likeness (QED) is 0.803. The fraction of sp³-hybridized carbons (Fsp3) is 0.0909. The van der Waals surface area contributed by atoms with Gasteiger partial charge in [-0.2, -0.15) is 0 Å². The van der Waals surface area contributed by atoms with E-state index >= 15 is 0 Å². The van der Waals surface area contributed by atoms with Crippen molar-refractivity contribution < 1.29 is 9.90 Å². The molecular weight excluding hydrogens is 318 g/mol. The Morgan fingerprint density at radius 2 is 2.33 bits per heavy atom. The molecule has 94 valence electrons. The van der Waals surface area contributed by atoms with Gasteiger partial charge < -0.3 is 16.2 Å². The normalized spacial score (nSPS) is 10.3. The summed E-state index contributed by atoms with van der Waals surface area (Å²) >= 11 is 4.98. The summed E-state index contributed by atoms with van der Waals surface area (Å²) in [6, 6.07) is 3.42. The molecule has 0 bridgehead atoms. The maximum atomic E-state index is 10.9. The van der Waals surface area contributed by atoms with E-state index in [0.717, 1.165) is 9.35 Å². The average Bonchev–Trinajstić information content (AvgIpc) is 2.74. The van der Waals surface area contributed by atoms with E-state index in [2.05, 4.69) is 26.2 Å². The number of carboxylic acid groups (broad SMARTS) is 1. The molecule has 2 aromatic heterocycles. The molecule has 0 atom stereocenters. The van der Waals surface area contributed by atoms with E-state index in [1.807, 2.05) is 11.4 Å². The first kappa shape index (κ1) is 12.8. The summed E-state index contributed by atoms with van der Waals surface area (Å²) in [4.78, 5) is 16.1. The molecule has 0 saturated carbocycles. The van der Waals surface area contributed by atoms with Gasteiger partial charge in [-0.05, 0) is 28.1 Å². The largest absolute Gasteiger partial charge is 0.478 e. The SMILES string of the molecule is Nc1cnc(NCc2cc(Br)cs2)cc1C(=O)O. The van der Waals surface area contributed by atoms with Crippen molar-refractivity contribution in [2.45, 2.75) is 6.54 Å². The Morgan fingerprint density at radius 3 is 2.94 bits per heavy atom. The smallest absolute Gasteiger partial charge is 0.337 e. The van der Waals surface area contributed by atoms with Gasteiger partial charge in [-0.1, -0.05) is 0 Å². The minimum absolute atomic E-state index is 0.0554. The number of rotatable bonds is 4. The average molecular weight is 328 g/mol. The Balaban J connectivity index is 2.10. The van der Waals surface area contributed by atoms with Gasteiger partial charge in [-0.25, -0.2) is 9.78 Å². The molecule has 0 aliphatic heterocycles. The zero-order valence-electron chi connectivity index (χ0n) is 9.18. The number of nitrogen functional groups attached to an aromatic ring is 1. The van der Waals surface area contributed by atoms with Crippen molar-refractivity contribution in [1.29, 1.82) is 0 Å². The number of hydrogen-bond donors (Lipinski definition) is 3. The van der Waals surface area contributed by atoms with Crippen LogP contribution >= 0.6 is 27.3 Å². The molecule has 0 saturated heterocycles. The molecular formula is C11H10BrN3O2S. The molecule has 0 amide bonds. The molecule has 0 aliphatic rings. The zero-order chi connectivity index (χ0) is 13.1. The van der Waals surface area contributed by atoms with Crippen molar-refractivity contribution in [3.05, 3.63) is 38.6 Å². The maximum absolute atomic E-state index is 10.9. The number of carboxylic acids is 1. The maximum Gasteiger partial charge on any atom is 0.337 e. The molecule has 0 unspecified atom stereocenters. The third-order valence-electron chi connectivity index (χ3n) is 2.23. The van der Waals surface area contributed by atoms with Gasteiger partial charge >= 0.3 is 5.97 Å². The topological polar surface area (TPSA) is 88.2 Å². The second-order valence-electron chi connectivity index (χ2n) is 3.55. The lowest BCUT2D eigenvalue weighted by Crippen LogP contribution is -2.06. The number of pyridine rings is 1. The van der Waals surface area contributed by atoms with Gasteiger partial charge in [0.05, 0.1) is 24.0 Å². The van der Waals surface area contributed by atoms with Crippen LogP contribution in [0.4, 0.5) is 11.5 Å². The van der Waals surface area contributed by atoms with Crippen molar-refractivity contribution in [3.8, 4) is 0 Å². The standard InChI is InChI=1S/C11H10BrN3O2S/c12-6-1-7(18-5-6)3-14-10-2-8(11(16)17)9(13)4-15-10/h1-2,4-5H,3,13H2,(H,14,15)(H,16,17). The Kier molecular flexibility index (Phi) is 3.83. The van der Waals surface area contributed by atoms with E-state index in [1.54, 1.807) is 11.3 Å². The van der Waals surface area contributed by atoms with Crippen LogP contribution in [-0.4, -0.2) is 16.1 Å². The van der Waals surface area contributed by atoms with Crippen LogP contribution in [-0.2, 0) is 6.54 Å². The van der Waals surface area contributed by atoms with E-state index < -0.39 is 5.97 Å². The third-order valence-corrected chi connectivity index (χ3v) is 3.93. The van der Waals surface area contributed by atoms with Crippen molar-refractivity contribution in [1.82, 2.24) is 4.98 Å². The molecule has 0 fully saturated rings. The fourth-order valence-electron chi connectivity index (χ4n) is 1.37. The highest BCUT2D eigenvalue weighted by atomic mass is 79.9. The minimum Gasteiger partial charge on any atom is -0.478 e. The van der Waals surface area contributed by atoms with E-state index in [1.165, 1.54) is 12.3 Å². The zero-order valence-corrected chi connectivity index (χ0v) is 11.6. The first-order valence-corrected chi connectivity index (χ1v) is 6.69. The van der Waals surface area contributed by atoms with Crippen molar-refractivity contribution >= 4 is 44.7 Å². The number of thiophene rings is 1. The van der Waals surface area contributed by atoms with E-state index in [4.69, 9.17) is 10.8 Å². The van der Waals surface area contributed by atoms with E-state index in [0.29, 0.717) is 12.4 Å². The molecule has 5 nitrogen and oxygen atoms in total. The number of halogens is 1. The van der Waals surface area contributed by atoms with Crippen LogP contribution in [0.25, 0.3) is 0 Å². The number of hydrogen-bond acceptors (Lipinski definition) is 5. The number of carbonyl (C=O) groups is 1. The number of nitrogens with two attached hydrogens (primary N) is 1. The van der Waals surface area contributed by atoms with Crippen LogP contribution in [0.1, 0.15) is 15.2 Å². The van der Waals surface area contributed by atoms with Crippen LogP contribution < -0.4 is 11.1 Å². The number of aromatic nitrogens is 1. The molecule has 0 aliphatic carbocycles. The van der Waals surface area contributed by atoms with Gasteiger partial charge in [0, 0.05) is 14.7 Å². The molecule has 2 rings (SSSR count). The summed E-state index contributed by atoms with van der Waals surface area (Å²) in [5.74, 6) is -0.567. The van der Waals surface area contributed by atoms with Crippen LogP contribution in [0.15, 0.2) is 28.2 Å². The number of aromatic carboxylic acids is 1. The summed E-state index contributed by atoms with van der Waals surface area (Å²) in [6.07, 6.45) is 1.34. The second-order valence-corrected chi connectivity index (χ2v) is 5.46. The van der Waals surface area contributed by atoms with Crippen molar-refractivity contribution in [3.63, 3.8) is 0 Å². The first-order valence-electron chi connectivity index (χ1n) is 5.02. The Morgan fingerprint density at radius 1 is 1.56 bits per heavy atom. The lowest BCUT2D eigenvalue weighted by molar-refractivity contribution is 0.0698. The Labute approximate surface area is 116 Å². The van der Waals surface area contributed by atoms with Gasteiger partial charge in [-0.3, -0.25) is 0 Å². The van der Waals surface area contributed by atoms with Crippen LogP contribution in [0.5, 0.6) is 0 Å². The number of nitrogens with zero attached hydrogens (tertiary/aromatic N) is 1. The first-order chi connectivity index (χ1) is 8.56. The number of anilines is 2. The summed E-state index contributed by atoms with van der Waals surface area (Å²) in [6.45, 7) is 0.590. The summed E-state index contributed by atoms with van der Waals surface area (Å²) in [5.41, 5.74) is 5.74. The predicted molar refractivity (Wildman–Crippen MR) is 75.0 cm³/mol. The van der Waals surface area contributed by atoms with Gasteiger partial charge in [0.25, 0.3) is 0 Å². The predicted octanol–water partition coefficient (Wildman–Crippen LogP) is 2.80. The highest BCUT2D eigenvalue weighted by molar-refractivity contribution is 9.10. The molecule has 2 heterocycles. The third kappa shape index (κ3) is 2.99. The molecule has 4 N–H and O–H groups in total.